The lowest BCUT2D eigenvalue weighted by Crippen LogP contribution is -2.13. The van der Waals surface area contributed by atoms with Gasteiger partial charge in [-0.05, 0) is 46.9 Å². The minimum atomic E-state index is -0.522. The van der Waals surface area contributed by atoms with Crippen LogP contribution in [-0.2, 0) is 13.0 Å². The van der Waals surface area contributed by atoms with Gasteiger partial charge in [0.05, 0.1) is 17.2 Å². The van der Waals surface area contributed by atoms with Crippen LogP contribution in [0.1, 0.15) is 45.6 Å². The Bertz CT molecular complexity index is 1300. The maximum Gasteiger partial charge on any atom is 0.252 e. The van der Waals surface area contributed by atoms with Gasteiger partial charge in [-0.25, -0.2) is 0 Å². The summed E-state index contributed by atoms with van der Waals surface area (Å²) in [7, 11) is 0. The fourth-order valence-corrected chi connectivity index (χ4v) is 4.83. The first-order valence-electron chi connectivity index (χ1n) is 9.31. The summed E-state index contributed by atoms with van der Waals surface area (Å²) in [5.41, 5.74) is 9.68. The molecular weight excluding hydrogens is 336 g/mol. The molecular formula is C23H18N2O2. The van der Waals surface area contributed by atoms with E-state index < -0.39 is 6.10 Å². The maximum atomic E-state index is 12.8. The van der Waals surface area contributed by atoms with Gasteiger partial charge in [0.1, 0.15) is 0 Å². The molecule has 0 radical (unpaired) electrons. The predicted molar refractivity (Wildman–Crippen MR) is 106 cm³/mol. The number of nitrogens with one attached hydrogen (secondary N) is 2. The molecule has 2 aliphatic rings. The third-order valence-electron chi connectivity index (χ3n) is 6.07. The molecule has 0 bridgehead atoms. The quantitative estimate of drug-likeness (QED) is 0.423. The van der Waals surface area contributed by atoms with Crippen molar-refractivity contribution in [2.24, 2.45) is 0 Å². The number of hydrogen-bond acceptors (Lipinski definition) is 2. The van der Waals surface area contributed by atoms with Crippen molar-refractivity contribution in [2.75, 3.05) is 0 Å². The highest BCUT2D eigenvalue weighted by molar-refractivity contribution is 6.19. The number of aliphatic hydroxyl groups excluding tert-OH is 1. The molecule has 1 atom stereocenters. The third-order valence-corrected chi connectivity index (χ3v) is 6.07. The molecule has 132 valence electrons. The second-order valence-corrected chi connectivity index (χ2v) is 7.58. The minimum absolute atomic E-state index is 0.0147. The van der Waals surface area contributed by atoms with E-state index >= 15 is 0 Å². The number of carbonyl (C=O) groups excluding carboxylic acids is 1. The third kappa shape index (κ3) is 1.83. The van der Waals surface area contributed by atoms with Crippen molar-refractivity contribution in [3.8, 4) is 11.1 Å². The van der Waals surface area contributed by atoms with Crippen molar-refractivity contribution in [1.29, 1.82) is 0 Å². The molecule has 0 saturated heterocycles. The molecule has 1 unspecified atom stereocenters. The molecule has 4 heteroatoms. The summed E-state index contributed by atoms with van der Waals surface area (Å²) in [5, 5.41) is 15.2. The Kier molecular flexibility index (Phi) is 2.77. The molecule has 0 saturated carbocycles. The summed E-state index contributed by atoms with van der Waals surface area (Å²) in [6, 6.07) is 14.4. The fourth-order valence-electron chi connectivity index (χ4n) is 4.83. The summed E-state index contributed by atoms with van der Waals surface area (Å²) in [6.45, 7) is 2.33. The zero-order valence-electron chi connectivity index (χ0n) is 14.9. The van der Waals surface area contributed by atoms with Gasteiger partial charge in [-0.15, -0.1) is 0 Å². The van der Waals surface area contributed by atoms with Crippen LogP contribution in [0.25, 0.3) is 32.9 Å². The molecule has 1 aliphatic heterocycles. The van der Waals surface area contributed by atoms with Gasteiger partial charge in [-0.2, -0.15) is 0 Å². The van der Waals surface area contributed by atoms with Crippen molar-refractivity contribution in [2.45, 2.75) is 26.0 Å². The highest BCUT2D eigenvalue weighted by atomic mass is 16.3. The monoisotopic (exact) mass is 354 g/mol. The number of fused-ring (bicyclic) bond motifs is 10. The molecule has 2 heterocycles. The standard InChI is InChI=1S/C23H18N2O2/c1-11(26)12-6-7-18-15(8-12)20-17-10-24-23(27)21(17)19-14-5-3-2-4-13(14)9-16(19)22(20)25-18/h2-8,11,25-26H,9-10H2,1H3,(H,24,27). The van der Waals surface area contributed by atoms with E-state index in [-0.39, 0.29) is 5.91 Å². The Morgan fingerprint density at radius 1 is 1.07 bits per heavy atom. The van der Waals surface area contributed by atoms with Crippen LogP contribution in [0.3, 0.4) is 0 Å². The summed E-state index contributed by atoms with van der Waals surface area (Å²) >= 11 is 0. The SMILES string of the molecule is CC(O)c1ccc2[nH]c3c4c(c5c(c3c2c1)CNC5=O)-c1ccccc1C4. The highest BCUT2D eigenvalue weighted by Crippen LogP contribution is 2.47. The molecule has 6 rings (SSSR count). The largest absolute Gasteiger partial charge is 0.389 e. The van der Waals surface area contributed by atoms with Crippen LogP contribution in [0.5, 0.6) is 0 Å². The van der Waals surface area contributed by atoms with E-state index in [9.17, 15) is 9.90 Å². The van der Waals surface area contributed by atoms with Gasteiger partial charge < -0.3 is 15.4 Å². The molecule has 1 aromatic heterocycles. The van der Waals surface area contributed by atoms with Crippen molar-refractivity contribution < 1.29 is 9.90 Å². The van der Waals surface area contributed by atoms with Crippen LogP contribution >= 0.6 is 0 Å². The van der Waals surface area contributed by atoms with E-state index in [1.165, 1.54) is 16.7 Å². The number of benzene rings is 3. The van der Waals surface area contributed by atoms with Crippen molar-refractivity contribution in [3.05, 3.63) is 70.3 Å². The topological polar surface area (TPSA) is 65.1 Å². The molecule has 4 aromatic rings. The average molecular weight is 354 g/mol. The van der Waals surface area contributed by atoms with Crippen LogP contribution in [0, 0.1) is 0 Å². The Balaban J connectivity index is 1.80. The summed E-state index contributed by atoms with van der Waals surface area (Å²) in [6.07, 6.45) is 0.310. The Labute approximate surface area is 155 Å². The number of aromatic amines is 1. The molecule has 27 heavy (non-hydrogen) atoms. The molecule has 1 amide bonds. The summed E-state index contributed by atoms with van der Waals surface area (Å²) in [5.74, 6) is 0.0147. The van der Waals surface area contributed by atoms with Crippen LogP contribution in [0.15, 0.2) is 42.5 Å². The van der Waals surface area contributed by atoms with Gasteiger partial charge >= 0.3 is 0 Å². The lowest BCUT2D eigenvalue weighted by molar-refractivity contribution is 0.0966. The number of amides is 1. The normalized spacial score (nSPS) is 15.7. The second kappa shape index (κ2) is 4.99. The van der Waals surface area contributed by atoms with Crippen molar-refractivity contribution in [1.82, 2.24) is 10.3 Å². The van der Waals surface area contributed by atoms with Crippen LogP contribution in [0.2, 0.25) is 0 Å². The molecule has 3 N–H and O–H groups in total. The van der Waals surface area contributed by atoms with Crippen molar-refractivity contribution in [3.63, 3.8) is 0 Å². The fraction of sp³-hybridized carbons (Fsp3) is 0.174. The number of carbonyl (C=O) groups is 1. The van der Waals surface area contributed by atoms with E-state index in [0.29, 0.717) is 6.54 Å². The van der Waals surface area contributed by atoms with Gasteiger partial charge in [0, 0.05) is 34.8 Å². The summed E-state index contributed by atoms with van der Waals surface area (Å²) < 4.78 is 0. The number of hydrogen-bond donors (Lipinski definition) is 3. The van der Waals surface area contributed by atoms with Gasteiger partial charge in [-0.1, -0.05) is 30.3 Å². The highest BCUT2D eigenvalue weighted by Gasteiger charge is 2.34. The molecule has 4 nitrogen and oxygen atoms in total. The molecule has 1 aliphatic carbocycles. The minimum Gasteiger partial charge on any atom is -0.389 e. The number of aromatic nitrogens is 1. The average Bonchev–Trinajstić information content (AvgIpc) is 3.33. The Hall–Kier alpha value is -3.11. The smallest absolute Gasteiger partial charge is 0.252 e. The first-order chi connectivity index (χ1) is 13.1. The van der Waals surface area contributed by atoms with Gasteiger partial charge in [-0.3, -0.25) is 4.79 Å². The Morgan fingerprint density at radius 3 is 2.78 bits per heavy atom. The second-order valence-electron chi connectivity index (χ2n) is 7.58. The lowest BCUT2D eigenvalue weighted by Gasteiger charge is -2.10. The van der Waals surface area contributed by atoms with E-state index in [1.54, 1.807) is 6.92 Å². The van der Waals surface area contributed by atoms with Gasteiger partial charge in [0.15, 0.2) is 0 Å². The van der Waals surface area contributed by atoms with E-state index in [1.807, 2.05) is 18.2 Å². The van der Waals surface area contributed by atoms with E-state index in [0.717, 1.165) is 50.5 Å². The van der Waals surface area contributed by atoms with E-state index in [2.05, 4.69) is 34.6 Å². The zero-order chi connectivity index (χ0) is 18.3. The van der Waals surface area contributed by atoms with Crippen LogP contribution in [0.4, 0.5) is 0 Å². The predicted octanol–water partition coefficient (Wildman–Crippen LogP) is 4.19. The van der Waals surface area contributed by atoms with E-state index in [4.69, 9.17) is 0 Å². The molecule has 0 spiro atoms. The summed E-state index contributed by atoms with van der Waals surface area (Å²) in [4.78, 5) is 16.4. The number of aliphatic hydroxyl groups is 1. The van der Waals surface area contributed by atoms with Gasteiger partial charge in [0.2, 0.25) is 0 Å². The first kappa shape index (κ1) is 15.0. The van der Waals surface area contributed by atoms with Crippen LogP contribution in [-0.4, -0.2) is 16.0 Å². The Morgan fingerprint density at radius 2 is 1.93 bits per heavy atom. The van der Waals surface area contributed by atoms with Crippen LogP contribution < -0.4 is 5.32 Å². The zero-order valence-corrected chi connectivity index (χ0v) is 14.9. The number of H-pyrrole nitrogens is 1. The maximum absolute atomic E-state index is 12.8. The number of rotatable bonds is 1. The lowest BCUT2D eigenvalue weighted by atomic mass is 9.92. The molecule has 3 aromatic carbocycles. The first-order valence-corrected chi connectivity index (χ1v) is 9.31. The molecule has 0 fully saturated rings. The van der Waals surface area contributed by atoms with Crippen molar-refractivity contribution >= 4 is 27.7 Å². The van der Waals surface area contributed by atoms with Gasteiger partial charge in [0.25, 0.3) is 5.91 Å².